The summed E-state index contributed by atoms with van der Waals surface area (Å²) in [6, 6.07) is 0.772. The predicted molar refractivity (Wildman–Crippen MR) is 97.2 cm³/mol. The molecule has 0 amide bonds. The van der Waals surface area contributed by atoms with Gasteiger partial charge in [-0.15, -0.1) is 0 Å². The summed E-state index contributed by atoms with van der Waals surface area (Å²) in [5.74, 6) is 0.125. The van der Waals surface area contributed by atoms with Gasteiger partial charge in [0.25, 0.3) is 0 Å². The Kier molecular flexibility index (Phi) is 6.22. The average Bonchev–Trinajstić information content (AvgIpc) is 2.83. The molecule has 1 saturated heterocycles. The van der Waals surface area contributed by atoms with Crippen LogP contribution in [-0.2, 0) is 19.6 Å². The molecule has 1 fully saturated rings. The number of nitrogens with zero attached hydrogens (tertiary/aromatic N) is 3. The number of hydrogen-bond acceptors (Lipinski definition) is 6. The summed E-state index contributed by atoms with van der Waals surface area (Å²) in [6.07, 6.45) is 3.96. The summed E-state index contributed by atoms with van der Waals surface area (Å²) in [4.78, 5) is 12.2. The summed E-state index contributed by atoms with van der Waals surface area (Å²) in [5, 5.41) is 5.92. The van der Waals surface area contributed by atoms with Crippen molar-refractivity contribution in [2.75, 3.05) is 32.7 Å². The molecule has 0 saturated carbocycles. The van der Waals surface area contributed by atoms with Gasteiger partial charge in [0.05, 0.1) is 12.5 Å². The molecule has 2 heterocycles. The highest BCUT2D eigenvalue weighted by Gasteiger charge is 2.39. The monoisotopic (exact) mass is 375 g/mol. The fraction of sp³-hybridized carbons (Fsp3) is 0.867. The Balaban J connectivity index is 1.86. The summed E-state index contributed by atoms with van der Waals surface area (Å²) in [7, 11) is -4.28. The molecule has 0 aromatic rings. The highest BCUT2D eigenvalue weighted by molar-refractivity contribution is 7.88. The lowest BCUT2D eigenvalue weighted by atomic mass is 9.88. The standard InChI is InChI=1S/C15H29N3O4SSi/c1-23(20,21)17-7-5-13(6-8-17)15-14(19)11-16-18(15)12-22-9-10-24(2,3)4/h11,13,15H,5-10,12H2,1-4H3. The highest BCUT2D eigenvalue weighted by Crippen LogP contribution is 2.28. The average molecular weight is 376 g/mol. The van der Waals surface area contributed by atoms with Crippen molar-refractivity contribution in [1.82, 2.24) is 9.31 Å². The van der Waals surface area contributed by atoms with Gasteiger partial charge in [-0.1, -0.05) is 19.6 Å². The van der Waals surface area contributed by atoms with Crippen LogP contribution in [0.3, 0.4) is 0 Å². The van der Waals surface area contributed by atoms with Crippen LogP contribution in [0.1, 0.15) is 12.8 Å². The van der Waals surface area contributed by atoms with Crippen molar-refractivity contribution < 1.29 is 17.9 Å². The Hall–Kier alpha value is -0.773. The molecule has 0 aromatic heterocycles. The van der Waals surface area contributed by atoms with Crippen molar-refractivity contribution in [3.8, 4) is 0 Å². The first-order chi connectivity index (χ1) is 11.1. The molecule has 138 valence electrons. The van der Waals surface area contributed by atoms with Crippen LogP contribution in [0.15, 0.2) is 5.10 Å². The second-order valence-corrected chi connectivity index (χ2v) is 15.5. The van der Waals surface area contributed by atoms with Gasteiger partial charge in [-0.05, 0) is 24.8 Å². The van der Waals surface area contributed by atoms with E-state index in [1.165, 1.54) is 16.8 Å². The zero-order valence-corrected chi connectivity index (χ0v) is 16.9. The van der Waals surface area contributed by atoms with Crippen LogP contribution in [-0.4, -0.2) is 76.5 Å². The number of carbonyl (C=O) groups excluding carboxylic acids is 1. The summed E-state index contributed by atoms with van der Waals surface area (Å²) >= 11 is 0. The van der Waals surface area contributed by atoms with Crippen LogP contribution < -0.4 is 0 Å². The topological polar surface area (TPSA) is 79.3 Å². The van der Waals surface area contributed by atoms with Gasteiger partial charge >= 0.3 is 0 Å². The van der Waals surface area contributed by atoms with Gasteiger partial charge in [0.15, 0.2) is 5.78 Å². The van der Waals surface area contributed by atoms with Gasteiger partial charge in [-0.3, -0.25) is 9.80 Å². The minimum atomic E-state index is -3.15. The van der Waals surface area contributed by atoms with Gasteiger partial charge in [0, 0.05) is 27.8 Å². The van der Waals surface area contributed by atoms with Gasteiger partial charge in [-0.25, -0.2) is 12.7 Å². The SMILES string of the molecule is C[Si](C)(C)CCOCN1N=CC(=O)C1C1CCN(S(C)(=O)=O)CC1. The van der Waals surface area contributed by atoms with E-state index in [0.717, 1.165) is 6.04 Å². The van der Waals surface area contributed by atoms with E-state index in [1.807, 2.05) is 0 Å². The van der Waals surface area contributed by atoms with Crippen LogP contribution in [0.2, 0.25) is 25.7 Å². The maximum Gasteiger partial charge on any atom is 0.211 e. The van der Waals surface area contributed by atoms with Crippen LogP contribution >= 0.6 is 0 Å². The molecule has 2 aliphatic heterocycles. The maximum atomic E-state index is 12.2. The Morgan fingerprint density at radius 1 is 1.29 bits per heavy atom. The van der Waals surface area contributed by atoms with Crippen molar-refractivity contribution in [2.45, 2.75) is 44.6 Å². The van der Waals surface area contributed by atoms with Crippen molar-refractivity contribution in [3.05, 3.63) is 0 Å². The number of ether oxygens (including phenoxy) is 1. The number of rotatable bonds is 7. The number of sulfonamides is 1. The fourth-order valence-corrected chi connectivity index (χ4v) is 4.71. The molecular weight excluding hydrogens is 346 g/mol. The number of piperidine rings is 1. The molecule has 0 bridgehead atoms. The molecule has 0 radical (unpaired) electrons. The van der Waals surface area contributed by atoms with E-state index in [4.69, 9.17) is 4.74 Å². The van der Waals surface area contributed by atoms with Gasteiger partial charge < -0.3 is 4.74 Å². The van der Waals surface area contributed by atoms with Crippen molar-refractivity contribution in [2.24, 2.45) is 11.0 Å². The van der Waals surface area contributed by atoms with Crippen molar-refractivity contribution in [1.29, 1.82) is 0 Å². The summed E-state index contributed by atoms with van der Waals surface area (Å²) < 4.78 is 30.4. The molecular formula is C15H29N3O4SSi. The lowest BCUT2D eigenvalue weighted by molar-refractivity contribution is -0.120. The normalized spacial score (nSPS) is 24.1. The fourth-order valence-electron chi connectivity index (χ4n) is 3.08. The van der Waals surface area contributed by atoms with Crippen LogP contribution in [0.5, 0.6) is 0 Å². The second kappa shape index (κ2) is 7.63. The first kappa shape index (κ1) is 19.6. The zero-order valence-electron chi connectivity index (χ0n) is 15.1. The van der Waals surface area contributed by atoms with E-state index in [1.54, 1.807) is 5.01 Å². The Bertz CT molecular complexity index is 580. The minimum Gasteiger partial charge on any atom is -0.360 e. The van der Waals surface area contributed by atoms with Gasteiger partial charge in [-0.2, -0.15) is 5.10 Å². The van der Waals surface area contributed by atoms with Crippen LogP contribution in [0.4, 0.5) is 0 Å². The maximum absolute atomic E-state index is 12.2. The lowest BCUT2D eigenvalue weighted by Gasteiger charge is -2.35. The number of ketones is 1. The van der Waals surface area contributed by atoms with Crippen LogP contribution in [0, 0.1) is 5.92 Å². The van der Waals surface area contributed by atoms with E-state index < -0.39 is 18.1 Å². The largest absolute Gasteiger partial charge is 0.360 e. The molecule has 1 atom stereocenters. The second-order valence-electron chi connectivity index (χ2n) is 7.88. The molecule has 0 N–H and O–H groups in total. The third-order valence-electron chi connectivity index (χ3n) is 4.58. The Labute approximate surface area is 146 Å². The first-order valence-electron chi connectivity index (χ1n) is 8.45. The van der Waals surface area contributed by atoms with E-state index in [0.29, 0.717) is 39.3 Å². The molecule has 2 aliphatic rings. The molecule has 24 heavy (non-hydrogen) atoms. The van der Waals surface area contributed by atoms with Crippen molar-refractivity contribution >= 4 is 30.1 Å². The lowest BCUT2D eigenvalue weighted by Crippen LogP contribution is -2.47. The molecule has 7 nitrogen and oxygen atoms in total. The summed E-state index contributed by atoms with van der Waals surface area (Å²) in [5.41, 5.74) is 0. The van der Waals surface area contributed by atoms with E-state index in [-0.39, 0.29) is 17.7 Å². The Morgan fingerprint density at radius 3 is 2.46 bits per heavy atom. The van der Waals surface area contributed by atoms with Gasteiger partial charge in [0.1, 0.15) is 12.8 Å². The van der Waals surface area contributed by atoms with E-state index in [2.05, 4.69) is 24.7 Å². The van der Waals surface area contributed by atoms with E-state index in [9.17, 15) is 13.2 Å². The number of hydrogen-bond donors (Lipinski definition) is 0. The number of carbonyl (C=O) groups is 1. The quantitative estimate of drug-likeness (QED) is 0.494. The molecule has 0 aromatic carbocycles. The molecule has 0 aliphatic carbocycles. The first-order valence-corrected chi connectivity index (χ1v) is 14.0. The van der Waals surface area contributed by atoms with Crippen molar-refractivity contribution in [3.63, 3.8) is 0 Å². The zero-order chi connectivity index (χ0) is 18.0. The Morgan fingerprint density at radius 2 is 1.92 bits per heavy atom. The number of Topliss-reactive ketones (excluding diaryl/α,β-unsaturated/α-hetero) is 1. The van der Waals surface area contributed by atoms with Crippen LogP contribution in [0.25, 0.3) is 0 Å². The smallest absolute Gasteiger partial charge is 0.211 e. The predicted octanol–water partition coefficient (Wildman–Crippen LogP) is 1.21. The summed E-state index contributed by atoms with van der Waals surface area (Å²) in [6.45, 7) is 8.85. The van der Waals surface area contributed by atoms with Gasteiger partial charge in [0.2, 0.25) is 10.0 Å². The van der Waals surface area contributed by atoms with E-state index >= 15 is 0 Å². The molecule has 2 rings (SSSR count). The highest BCUT2D eigenvalue weighted by atomic mass is 32.2. The molecule has 9 heteroatoms. The molecule has 0 spiro atoms. The molecule has 1 unspecified atom stereocenters. The third-order valence-corrected chi connectivity index (χ3v) is 7.59. The number of hydrazone groups is 1. The third kappa shape index (κ3) is 5.37. The minimum absolute atomic E-state index is 0.00148.